The van der Waals surface area contributed by atoms with Crippen LogP contribution in [0.1, 0.15) is 27.2 Å². The molecule has 1 heterocycles. The predicted molar refractivity (Wildman–Crippen MR) is 109 cm³/mol. The lowest BCUT2D eigenvalue weighted by atomic mass is 10.1. The highest BCUT2D eigenvalue weighted by Gasteiger charge is 2.20. The normalized spacial score (nSPS) is 10.6. The van der Waals surface area contributed by atoms with Gasteiger partial charge in [0.15, 0.2) is 17.2 Å². The van der Waals surface area contributed by atoms with Gasteiger partial charge in [-0.05, 0) is 55.0 Å². The van der Waals surface area contributed by atoms with Gasteiger partial charge >= 0.3 is 0 Å². The van der Waals surface area contributed by atoms with E-state index in [2.05, 4.69) is 15.6 Å². The molecule has 10 heteroatoms. The molecule has 156 valence electrons. The van der Waals surface area contributed by atoms with Gasteiger partial charge < -0.3 is 9.84 Å². The Labute approximate surface area is 175 Å². The van der Waals surface area contributed by atoms with Crippen molar-refractivity contribution in [3.63, 3.8) is 0 Å². The number of aromatic hydroxyl groups is 1. The number of rotatable bonds is 5. The lowest BCUT2D eigenvalue weighted by molar-refractivity contribution is 0.0947. The fourth-order valence-corrected chi connectivity index (χ4v) is 2.70. The lowest BCUT2D eigenvalue weighted by Crippen LogP contribution is -2.31. The molecular formula is C21H16FN5O4. The molecule has 2 N–H and O–H groups in total. The number of nitrogens with one attached hydrogen (secondary N) is 1. The summed E-state index contributed by atoms with van der Waals surface area (Å²) in [5.74, 6) is -1.08. The first kappa shape index (κ1) is 21.2. The number of aromatic nitrogens is 2. The first-order chi connectivity index (χ1) is 14.8. The Kier molecular flexibility index (Phi) is 6.07. The van der Waals surface area contributed by atoms with Gasteiger partial charge in [-0.25, -0.2) is 9.82 Å². The van der Waals surface area contributed by atoms with E-state index in [9.17, 15) is 24.3 Å². The third-order valence-corrected chi connectivity index (χ3v) is 4.32. The van der Waals surface area contributed by atoms with Crippen molar-refractivity contribution >= 4 is 12.1 Å². The molecule has 9 nitrogen and oxygen atoms in total. The van der Waals surface area contributed by atoms with Crippen molar-refractivity contribution in [3.8, 4) is 23.3 Å². The molecule has 0 aliphatic rings. The Bertz CT molecular complexity index is 1280. The average molecular weight is 421 g/mol. The fourth-order valence-electron chi connectivity index (χ4n) is 2.70. The van der Waals surface area contributed by atoms with Gasteiger partial charge in [-0.2, -0.15) is 20.1 Å². The molecule has 0 unspecified atom stereocenters. The van der Waals surface area contributed by atoms with Crippen molar-refractivity contribution in [2.24, 2.45) is 5.10 Å². The minimum absolute atomic E-state index is 0.0457. The van der Waals surface area contributed by atoms with Crippen molar-refractivity contribution < 1.29 is 19.0 Å². The van der Waals surface area contributed by atoms with Gasteiger partial charge in [-0.15, -0.1) is 0 Å². The Morgan fingerprint density at radius 1 is 1.32 bits per heavy atom. The molecule has 31 heavy (non-hydrogen) atoms. The summed E-state index contributed by atoms with van der Waals surface area (Å²) in [7, 11) is 1.40. The number of ether oxygens (including phenoxy) is 1. The summed E-state index contributed by atoms with van der Waals surface area (Å²) in [6.07, 6.45) is 1.32. The maximum atomic E-state index is 13.2. The minimum Gasteiger partial charge on any atom is -0.504 e. The summed E-state index contributed by atoms with van der Waals surface area (Å²) in [4.78, 5) is 25.2. The van der Waals surface area contributed by atoms with Crippen molar-refractivity contribution in [2.75, 3.05) is 7.11 Å². The Balaban J connectivity index is 1.93. The first-order valence-electron chi connectivity index (χ1n) is 8.86. The van der Waals surface area contributed by atoms with Crippen LogP contribution in [0.2, 0.25) is 0 Å². The number of nitriles is 1. The SMILES string of the molecule is COc1cc(/C=N/NC(=O)c2nn(-c3ccc(F)cc3)c(=O)c(C#N)c2C)ccc1O. The number of halogens is 1. The molecule has 0 atom stereocenters. The van der Waals surface area contributed by atoms with E-state index < -0.39 is 17.3 Å². The number of hydrazone groups is 1. The zero-order valence-corrected chi connectivity index (χ0v) is 16.5. The summed E-state index contributed by atoms with van der Waals surface area (Å²) in [6, 6.07) is 11.1. The van der Waals surface area contributed by atoms with E-state index in [1.54, 1.807) is 12.1 Å². The molecule has 0 fully saturated rings. The number of phenols is 1. The van der Waals surface area contributed by atoms with Crippen LogP contribution in [-0.2, 0) is 0 Å². The molecular weight excluding hydrogens is 405 g/mol. The van der Waals surface area contributed by atoms with E-state index in [4.69, 9.17) is 4.74 Å². The monoisotopic (exact) mass is 421 g/mol. The predicted octanol–water partition coefficient (Wildman–Crippen LogP) is 2.03. The van der Waals surface area contributed by atoms with Crippen LogP contribution in [0.25, 0.3) is 5.69 Å². The number of carbonyl (C=O) groups excluding carboxylic acids is 1. The quantitative estimate of drug-likeness (QED) is 0.479. The zero-order valence-electron chi connectivity index (χ0n) is 16.5. The number of benzene rings is 2. The van der Waals surface area contributed by atoms with Crippen molar-refractivity contribution in [1.82, 2.24) is 15.2 Å². The molecule has 2 aromatic carbocycles. The molecule has 0 saturated heterocycles. The molecule has 0 saturated carbocycles. The van der Waals surface area contributed by atoms with E-state index in [1.807, 2.05) is 0 Å². The van der Waals surface area contributed by atoms with Crippen LogP contribution in [-0.4, -0.2) is 34.1 Å². The third kappa shape index (κ3) is 4.40. The topological polar surface area (TPSA) is 130 Å². The summed E-state index contributed by atoms with van der Waals surface area (Å²) >= 11 is 0. The minimum atomic E-state index is -0.758. The number of hydrogen-bond acceptors (Lipinski definition) is 7. The van der Waals surface area contributed by atoms with Crippen LogP contribution >= 0.6 is 0 Å². The summed E-state index contributed by atoms with van der Waals surface area (Å²) in [5.41, 5.74) is 1.90. The number of nitrogens with zero attached hydrogens (tertiary/aromatic N) is 4. The van der Waals surface area contributed by atoms with E-state index >= 15 is 0 Å². The Morgan fingerprint density at radius 2 is 2.03 bits per heavy atom. The Hall–Kier alpha value is -4.52. The van der Waals surface area contributed by atoms with Crippen LogP contribution in [0, 0.1) is 24.1 Å². The van der Waals surface area contributed by atoms with Crippen LogP contribution in [0.5, 0.6) is 11.5 Å². The fraction of sp³-hybridized carbons (Fsp3) is 0.0952. The number of hydrogen-bond donors (Lipinski definition) is 2. The maximum absolute atomic E-state index is 13.2. The van der Waals surface area contributed by atoms with Crippen LogP contribution < -0.4 is 15.7 Å². The molecule has 0 bridgehead atoms. The van der Waals surface area contributed by atoms with Crippen molar-refractivity contribution in [2.45, 2.75) is 6.92 Å². The largest absolute Gasteiger partial charge is 0.504 e. The molecule has 1 aromatic heterocycles. The van der Waals surface area contributed by atoms with Gasteiger partial charge in [0.25, 0.3) is 11.5 Å². The molecule has 3 aromatic rings. The second-order valence-electron chi connectivity index (χ2n) is 6.28. The van der Waals surface area contributed by atoms with E-state index in [0.29, 0.717) is 5.56 Å². The van der Waals surface area contributed by atoms with Crippen LogP contribution in [0.4, 0.5) is 4.39 Å². The van der Waals surface area contributed by atoms with E-state index in [-0.39, 0.29) is 34.0 Å². The van der Waals surface area contributed by atoms with Gasteiger partial charge in [-0.3, -0.25) is 9.59 Å². The summed E-state index contributed by atoms with van der Waals surface area (Å²) < 4.78 is 19.1. The van der Waals surface area contributed by atoms with Crippen molar-refractivity contribution in [3.05, 3.63) is 81.0 Å². The van der Waals surface area contributed by atoms with Gasteiger partial charge in [0.1, 0.15) is 17.4 Å². The second-order valence-corrected chi connectivity index (χ2v) is 6.28. The van der Waals surface area contributed by atoms with Crippen LogP contribution in [0.15, 0.2) is 52.4 Å². The summed E-state index contributed by atoms with van der Waals surface area (Å²) in [6.45, 7) is 1.42. The van der Waals surface area contributed by atoms with Gasteiger partial charge in [0.2, 0.25) is 0 Å². The highest BCUT2D eigenvalue weighted by atomic mass is 19.1. The molecule has 0 spiro atoms. The first-order valence-corrected chi connectivity index (χ1v) is 8.86. The second kappa shape index (κ2) is 8.87. The smallest absolute Gasteiger partial charge is 0.292 e. The standard InChI is InChI=1S/C21H16FN5O4/c1-12-16(10-23)21(30)27(15-6-4-14(22)5-7-15)26-19(12)20(29)25-24-11-13-3-8-17(28)18(9-13)31-2/h3-9,11,28H,1-2H3,(H,25,29)/b24-11+. The van der Waals surface area contributed by atoms with Crippen LogP contribution in [0.3, 0.4) is 0 Å². The van der Waals surface area contributed by atoms with E-state index in [0.717, 1.165) is 16.8 Å². The van der Waals surface area contributed by atoms with Crippen molar-refractivity contribution in [1.29, 1.82) is 5.26 Å². The molecule has 0 aliphatic heterocycles. The third-order valence-electron chi connectivity index (χ3n) is 4.32. The van der Waals surface area contributed by atoms with Gasteiger partial charge in [-0.1, -0.05) is 0 Å². The van der Waals surface area contributed by atoms with E-state index in [1.165, 1.54) is 44.5 Å². The molecule has 3 rings (SSSR count). The highest BCUT2D eigenvalue weighted by Crippen LogP contribution is 2.25. The van der Waals surface area contributed by atoms with Gasteiger partial charge in [0, 0.05) is 5.56 Å². The Morgan fingerprint density at radius 3 is 2.68 bits per heavy atom. The number of carbonyl (C=O) groups is 1. The zero-order chi connectivity index (χ0) is 22.5. The average Bonchev–Trinajstić information content (AvgIpc) is 2.76. The molecule has 0 radical (unpaired) electrons. The molecule has 0 aliphatic carbocycles. The number of phenolic OH excluding ortho intramolecular Hbond substituents is 1. The van der Waals surface area contributed by atoms with Gasteiger partial charge in [0.05, 0.1) is 19.0 Å². The molecule has 1 amide bonds. The number of amides is 1. The lowest BCUT2D eigenvalue weighted by Gasteiger charge is -2.10. The highest BCUT2D eigenvalue weighted by molar-refractivity contribution is 5.94. The maximum Gasteiger partial charge on any atom is 0.292 e. The number of methoxy groups -OCH3 is 1. The summed E-state index contributed by atoms with van der Waals surface area (Å²) in [5, 5.41) is 26.9.